The van der Waals surface area contributed by atoms with E-state index in [1.54, 1.807) is 18.2 Å². The van der Waals surface area contributed by atoms with E-state index >= 15 is 0 Å². The second-order valence-corrected chi connectivity index (χ2v) is 5.04. The smallest absolute Gasteiger partial charge is 0.335 e. The van der Waals surface area contributed by atoms with Crippen molar-refractivity contribution in [3.05, 3.63) is 59.7 Å². The summed E-state index contributed by atoms with van der Waals surface area (Å²) >= 11 is -2.29. The van der Waals surface area contributed by atoms with Crippen LogP contribution in [0.1, 0.15) is 15.9 Å². The molecule has 0 spiro atoms. The van der Waals surface area contributed by atoms with Gasteiger partial charge in [-0.2, -0.15) is 0 Å². The van der Waals surface area contributed by atoms with E-state index < -0.39 is 17.2 Å². The Bertz CT molecular complexity index is 654. The van der Waals surface area contributed by atoms with Crippen LogP contribution in [0.15, 0.2) is 48.5 Å². The van der Waals surface area contributed by atoms with Crippen molar-refractivity contribution in [2.45, 2.75) is 6.92 Å². The lowest BCUT2D eigenvalue weighted by molar-refractivity contribution is 0.0697. The Morgan fingerprint density at radius 2 is 1.75 bits per heavy atom. The Morgan fingerprint density at radius 3 is 2.30 bits per heavy atom. The van der Waals surface area contributed by atoms with Gasteiger partial charge in [0.25, 0.3) is 11.3 Å². The molecule has 2 rings (SSSR count). The van der Waals surface area contributed by atoms with Crippen LogP contribution >= 0.6 is 0 Å². The van der Waals surface area contributed by atoms with Gasteiger partial charge < -0.3 is 5.11 Å². The standard InChI is InChI=1S/C14H13NO4S/c1-10-5-7-12(8-6-10)15(20(18)19)13-4-2-3-11(9-13)14(16)17/h2-9H,1H3,(H,16,17)(H,18,19). The first kappa shape index (κ1) is 14.2. The predicted molar refractivity (Wildman–Crippen MR) is 77.5 cm³/mol. The second kappa shape index (κ2) is 5.85. The molecular formula is C14H13NO4S. The maximum Gasteiger partial charge on any atom is 0.335 e. The highest BCUT2D eigenvalue weighted by Crippen LogP contribution is 2.27. The van der Waals surface area contributed by atoms with Crippen LogP contribution in [0.4, 0.5) is 11.4 Å². The number of carboxylic acids is 1. The molecule has 2 N–H and O–H groups in total. The van der Waals surface area contributed by atoms with E-state index in [0.29, 0.717) is 11.4 Å². The minimum Gasteiger partial charge on any atom is -0.478 e. The van der Waals surface area contributed by atoms with Crippen molar-refractivity contribution in [3.63, 3.8) is 0 Å². The molecule has 1 atom stereocenters. The maximum absolute atomic E-state index is 11.6. The van der Waals surface area contributed by atoms with Crippen molar-refractivity contribution in [1.29, 1.82) is 0 Å². The third-order valence-corrected chi connectivity index (χ3v) is 3.49. The number of carbonyl (C=O) groups is 1. The number of aryl methyl sites for hydroxylation is 1. The fourth-order valence-electron chi connectivity index (χ4n) is 1.77. The molecule has 0 heterocycles. The number of hydrogen-bond donors (Lipinski definition) is 2. The summed E-state index contributed by atoms with van der Waals surface area (Å²) in [5.74, 6) is -1.08. The maximum atomic E-state index is 11.6. The molecule has 6 heteroatoms. The molecule has 0 saturated heterocycles. The fraction of sp³-hybridized carbons (Fsp3) is 0.0714. The summed E-state index contributed by atoms with van der Waals surface area (Å²) in [6.45, 7) is 1.91. The minimum atomic E-state index is -2.29. The number of aromatic carboxylic acids is 1. The van der Waals surface area contributed by atoms with Gasteiger partial charge in [0, 0.05) is 0 Å². The van der Waals surface area contributed by atoms with Gasteiger partial charge in [-0.25, -0.2) is 13.3 Å². The molecule has 0 bridgehead atoms. The average Bonchev–Trinajstić information content (AvgIpc) is 2.41. The lowest BCUT2D eigenvalue weighted by atomic mass is 10.2. The Kier molecular flexibility index (Phi) is 4.16. The van der Waals surface area contributed by atoms with Gasteiger partial charge in [0.1, 0.15) is 0 Å². The zero-order chi connectivity index (χ0) is 14.7. The van der Waals surface area contributed by atoms with Gasteiger partial charge in [0.2, 0.25) is 0 Å². The fourth-order valence-corrected chi connectivity index (χ4v) is 2.37. The zero-order valence-electron chi connectivity index (χ0n) is 10.7. The summed E-state index contributed by atoms with van der Waals surface area (Å²) in [6.07, 6.45) is 0. The van der Waals surface area contributed by atoms with Crippen LogP contribution in [0.2, 0.25) is 0 Å². The summed E-state index contributed by atoms with van der Waals surface area (Å²) in [5, 5.41) is 8.98. The molecule has 0 aliphatic heterocycles. The minimum absolute atomic E-state index is 0.0602. The molecule has 0 aliphatic rings. The number of hydrogen-bond acceptors (Lipinski definition) is 2. The topological polar surface area (TPSA) is 77.8 Å². The van der Waals surface area contributed by atoms with Crippen LogP contribution in [0.3, 0.4) is 0 Å². The normalized spacial score (nSPS) is 11.9. The molecule has 0 aromatic heterocycles. The molecule has 0 aliphatic carbocycles. The van der Waals surface area contributed by atoms with Gasteiger partial charge in [-0.3, -0.25) is 4.55 Å². The summed E-state index contributed by atoms with van der Waals surface area (Å²) < 4.78 is 22.2. The Balaban J connectivity index is 2.48. The van der Waals surface area contributed by atoms with Gasteiger partial charge in [-0.15, -0.1) is 0 Å². The van der Waals surface area contributed by atoms with Crippen LogP contribution in [-0.4, -0.2) is 19.8 Å². The number of benzene rings is 2. The Hall–Kier alpha value is -2.18. The van der Waals surface area contributed by atoms with Crippen LogP contribution in [0, 0.1) is 6.92 Å². The zero-order valence-corrected chi connectivity index (χ0v) is 11.5. The van der Waals surface area contributed by atoms with Crippen molar-refractivity contribution in [2.24, 2.45) is 0 Å². The van der Waals surface area contributed by atoms with Crippen LogP contribution in [0.5, 0.6) is 0 Å². The van der Waals surface area contributed by atoms with Gasteiger partial charge in [0.15, 0.2) is 0 Å². The molecule has 2 aromatic carbocycles. The number of nitrogens with zero attached hydrogens (tertiary/aromatic N) is 1. The molecule has 5 nitrogen and oxygen atoms in total. The molecule has 0 saturated carbocycles. The van der Waals surface area contributed by atoms with Crippen molar-refractivity contribution < 1.29 is 18.7 Å². The first-order valence-electron chi connectivity index (χ1n) is 5.80. The molecule has 2 aromatic rings. The van der Waals surface area contributed by atoms with Gasteiger partial charge in [-0.05, 0) is 37.3 Å². The van der Waals surface area contributed by atoms with Gasteiger partial charge >= 0.3 is 5.97 Å². The van der Waals surface area contributed by atoms with E-state index in [1.165, 1.54) is 18.2 Å². The lowest BCUT2D eigenvalue weighted by Gasteiger charge is -2.20. The van der Waals surface area contributed by atoms with Gasteiger partial charge in [-0.1, -0.05) is 23.8 Å². The third kappa shape index (κ3) is 3.04. The van der Waals surface area contributed by atoms with E-state index in [-0.39, 0.29) is 5.56 Å². The summed E-state index contributed by atoms with van der Waals surface area (Å²) in [4.78, 5) is 11.0. The summed E-state index contributed by atoms with van der Waals surface area (Å²) in [6, 6.07) is 12.9. The molecular weight excluding hydrogens is 278 g/mol. The molecule has 104 valence electrons. The Morgan fingerprint density at radius 1 is 1.10 bits per heavy atom. The summed E-state index contributed by atoms with van der Waals surface area (Å²) in [5.41, 5.74) is 1.94. The summed E-state index contributed by atoms with van der Waals surface area (Å²) in [7, 11) is 0. The van der Waals surface area contributed by atoms with Gasteiger partial charge in [0.05, 0.1) is 16.9 Å². The van der Waals surface area contributed by atoms with Crippen molar-refractivity contribution >= 4 is 28.6 Å². The van der Waals surface area contributed by atoms with E-state index in [0.717, 1.165) is 9.87 Å². The number of rotatable bonds is 4. The first-order valence-corrected chi connectivity index (χ1v) is 6.86. The van der Waals surface area contributed by atoms with Crippen molar-refractivity contribution in [3.8, 4) is 0 Å². The lowest BCUT2D eigenvalue weighted by Crippen LogP contribution is -2.19. The van der Waals surface area contributed by atoms with E-state index in [9.17, 15) is 13.6 Å². The Labute approximate surface area is 118 Å². The highest BCUT2D eigenvalue weighted by atomic mass is 32.2. The van der Waals surface area contributed by atoms with E-state index in [2.05, 4.69) is 0 Å². The van der Waals surface area contributed by atoms with Crippen molar-refractivity contribution in [2.75, 3.05) is 4.31 Å². The monoisotopic (exact) mass is 291 g/mol. The first-order chi connectivity index (χ1) is 9.49. The highest BCUT2D eigenvalue weighted by Gasteiger charge is 2.16. The van der Waals surface area contributed by atoms with Crippen LogP contribution in [0.25, 0.3) is 0 Å². The number of anilines is 2. The highest BCUT2D eigenvalue weighted by molar-refractivity contribution is 7.81. The SMILES string of the molecule is Cc1ccc(N(c2cccc(C(=O)O)c2)S(=O)O)cc1. The molecule has 1 unspecified atom stereocenters. The third-order valence-electron chi connectivity index (χ3n) is 2.75. The number of carboxylic acid groups (broad SMARTS) is 1. The van der Waals surface area contributed by atoms with E-state index in [1.807, 2.05) is 19.1 Å². The second-order valence-electron chi connectivity index (χ2n) is 4.22. The van der Waals surface area contributed by atoms with E-state index in [4.69, 9.17) is 5.11 Å². The van der Waals surface area contributed by atoms with Crippen molar-refractivity contribution in [1.82, 2.24) is 0 Å². The molecule has 20 heavy (non-hydrogen) atoms. The molecule has 0 fully saturated rings. The average molecular weight is 291 g/mol. The largest absolute Gasteiger partial charge is 0.478 e. The molecule has 0 radical (unpaired) electrons. The van der Waals surface area contributed by atoms with Crippen LogP contribution in [-0.2, 0) is 11.3 Å². The quantitative estimate of drug-likeness (QED) is 0.849. The van der Waals surface area contributed by atoms with Crippen LogP contribution < -0.4 is 4.31 Å². The molecule has 0 amide bonds. The predicted octanol–water partition coefficient (Wildman–Crippen LogP) is 2.97.